The number of nitro groups is 1. The molecule has 20 heavy (non-hydrogen) atoms. The molecule has 0 saturated heterocycles. The van der Waals surface area contributed by atoms with Crippen LogP contribution in [0.5, 0.6) is 0 Å². The Kier molecular flexibility index (Phi) is 4.52. The summed E-state index contributed by atoms with van der Waals surface area (Å²) in [5.74, 6) is -2.74. The number of aliphatic carboxylic acids is 2. The predicted octanol–water partition coefficient (Wildman–Crippen LogP) is -0.163. The zero-order valence-corrected chi connectivity index (χ0v) is 9.89. The summed E-state index contributed by atoms with van der Waals surface area (Å²) in [4.78, 5) is 35.6. The molecule has 10 heteroatoms. The Labute approximate surface area is 111 Å². The number of rotatable bonds is 6. The van der Waals surface area contributed by atoms with E-state index in [1.54, 1.807) is 0 Å². The van der Waals surface area contributed by atoms with E-state index >= 15 is 0 Å². The van der Waals surface area contributed by atoms with Crippen molar-refractivity contribution in [2.24, 2.45) is 0 Å². The number of carboxylic acids is 2. The number of aromatic nitrogens is 1. The molecule has 0 amide bonds. The van der Waals surface area contributed by atoms with Crippen LogP contribution in [-0.4, -0.2) is 45.1 Å². The lowest BCUT2D eigenvalue weighted by Crippen LogP contribution is -2.35. The van der Waals surface area contributed by atoms with E-state index in [4.69, 9.17) is 15.5 Å². The van der Waals surface area contributed by atoms with Gasteiger partial charge in [-0.05, 0) is 6.07 Å². The summed E-state index contributed by atoms with van der Waals surface area (Å²) < 4.78 is 0. The number of carbonyl (C=O) groups is 2. The fourth-order valence-electron chi connectivity index (χ4n) is 1.39. The summed E-state index contributed by atoms with van der Waals surface area (Å²) in [7, 11) is 0. The van der Waals surface area contributed by atoms with E-state index in [0.29, 0.717) is 0 Å². The molecular formula is C10H8N4O6. The van der Waals surface area contributed by atoms with Crippen molar-refractivity contribution in [1.29, 1.82) is 5.26 Å². The van der Waals surface area contributed by atoms with E-state index in [2.05, 4.69) is 4.98 Å². The number of nitrogens with zero attached hydrogens (tertiary/aromatic N) is 4. The molecule has 0 aliphatic rings. The zero-order valence-electron chi connectivity index (χ0n) is 9.89. The second-order valence-electron chi connectivity index (χ2n) is 3.55. The standard InChI is InChI=1S/C10H8N4O6/c11-3-6-7(14(19)20)1-2-8(12-6)13(4-9(15)16)5-10(17)18/h1-2H,4-5H2,(H,15,16)(H,17,18). The fraction of sp³-hybridized carbons (Fsp3) is 0.200. The molecule has 0 radical (unpaired) electrons. The topological polar surface area (TPSA) is 158 Å². The molecular weight excluding hydrogens is 272 g/mol. The van der Waals surface area contributed by atoms with Crippen LogP contribution < -0.4 is 4.90 Å². The van der Waals surface area contributed by atoms with Gasteiger partial charge in [0.1, 0.15) is 25.0 Å². The third-order valence-corrected chi connectivity index (χ3v) is 2.14. The number of carboxylic acid groups (broad SMARTS) is 2. The molecule has 0 aromatic carbocycles. The Morgan fingerprint density at radius 2 is 1.90 bits per heavy atom. The van der Waals surface area contributed by atoms with Gasteiger partial charge in [0.15, 0.2) is 0 Å². The molecule has 0 aliphatic carbocycles. The Hall–Kier alpha value is -3.22. The first kappa shape index (κ1) is 14.8. The second-order valence-corrected chi connectivity index (χ2v) is 3.55. The first-order valence-electron chi connectivity index (χ1n) is 5.09. The average Bonchev–Trinajstić information content (AvgIpc) is 2.35. The number of hydrogen-bond donors (Lipinski definition) is 2. The van der Waals surface area contributed by atoms with Crippen LogP contribution in [0.25, 0.3) is 0 Å². The van der Waals surface area contributed by atoms with Crippen molar-refractivity contribution in [3.8, 4) is 6.07 Å². The zero-order chi connectivity index (χ0) is 15.3. The third kappa shape index (κ3) is 3.64. The Bertz CT molecular complexity index is 592. The number of nitriles is 1. The van der Waals surface area contributed by atoms with Gasteiger partial charge in [-0.15, -0.1) is 0 Å². The van der Waals surface area contributed by atoms with Gasteiger partial charge in [0, 0.05) is 6.07 Å². The summed E-state index contributed by atoms with van der Waals surface area (Å²) >= 11 is 0. The molecule has 2 N–H and O–H groups in total. The largest absolute Gasteiger partial charge is 0.480 e. The highest BCUT2D eigenvalue weighted by molar-refractivity contribution is 5.79. The highest BCUT2D eigenvalue weighted by atomic mass is 16.6. The van der Waals surface area contributed by atoms with Crippen molar-refractivity contribution in [3.05, 3.63) is 27.9 Å². The van der Waals surface area contributed by atoms with Crippen LogP contribution in [0.3, 0.4) is 0 Å². The molecule has 0 unspecified atom stereocenters. The maximum absolute atomic E-state index is 10.7. The van der Waals surface area contributed by atoms with Crippen molar-refractivity contribution >= 4 is 23.4 Å². The highest BCUT2D eigenvalue weighted by Crippen LogP contribution is 2.20. The lowest BCUT2D eigenvalue weighted by molar-refractivity contribution is -0.385. The lowest BCUT2D eigenvalue weighted by atomic mass is 10.3. The van der Waals surface area contributed by atoms with Crippen LogP contribution in [0.15, 0.2) is 12.1 Å². The summed E-state index contributed by atoms with van der Waals surface area (Å²) in [5.41, 5.74) is -1.06. The number of hydrogen-bond acceptors (Lipinski definition) is 7. The van der Waals surface area contributed by atoms with Crippen LogP contribution in [0.1, 0.15) is 5.69 Å². The molecule has 104 valence electrons. The molecule has 1 aromatic heterocycles. The molecule has 0 fully saturated rings. The van der Waals surface area contributed by atoms with Crippen LogP contribution >= 0.6 is 0 Å². The van der Waals surface area contributed by atoms with E-state index in [9.17, 15) is 19.7 Å². The van der Waals surface area contributed by atoms with Crippen LogP contribution in [-0.2, 0) is 9.59 Å². The maximum atomic E-state index is 10.7. The molecule has 1 heterocycles. The van der Waals surface area contributed by atoms with Crippen molar-refractivity contribution < 1.29 is 24.7 Å². The number of anilines is 1. The SMILES string of the molecule is N#Cc1nc(N(CC(=O)O)CC(=O)O)ccc1[N+](=O)[O-]. The van der Waals surface area contributed by atoms with Gasteiger partial charge in [0.2, 0.25) is 5.69 Å². The molecule has 0 saturated carbocycles. The van der Waals surface area contributed by atoms with Crippen molar-refractivity contribution in [2.45, 2.75) is 0 Å². The van der Waals surface area contributed by atoms with Crippen LogP contribution in [0.2, 0.25) is 0 Å². The van der Waals surface area contributed by atoms with Gasteiger partial charge in [-0.2, -0.15) is 5.26 Å². The normalized spacial score (nSPS) is 9.55. The molecule has 1 rings (SSSR count). The van der Waals surface area contributed by atoms with E-state index in [1.165, 1.54) is 6.07 Å². The monoisotopic (exact) mass is 280 g/mol. The molecule has 0 spiro atoms. The maximum Gasteiger partial charge on any atom is 0.323 e. The Morgan fingerprint density at radius 1 is 1.35 bits per heavy atom. The molecule has 0 aliphatic heterocycles. The molecule has 0 bridgehead atoms. The van der Waals surface area contributed by atoms with Gasteiger partial charge in [-0.1, -0.05) is 0 Å². The molecule has 1 aromatic rings. The highest BCUT2D eigenvalue weighted by Gasteiger charge is 2.20. The van der Waals surface area contributed by atoms with Crippen molar-refractivity contribution in [2.75, 3.05) is 18.0 Å². The van der Waals surface area contributed by atoms with E-state index in [-0.39, 0.29) is 5.82 Å². The van der Waals surface area contributed by atoms with Crippen molar-refractivity contribution in [1.82, 2.24) is 4.98 Å². The summed E-state index contributed by atoms with van der Waals surface area (Å²) in [6, 6.07) is 3.56. The summed E-state index contributed by atoms with van der Waals surface area (Å²) in [6.07, 6.45) is 0. The minimum absolute atomic E-state index is 0.142. The van der Waals surface area contributed by atoms with Gasteiger partial charge in [0.25, 0.3) is 0 Å². The van der Waals surface area contributed by atoms with Crippen LogP contribution in [0.4, 0.5) is 11.5 Å². The fourth-order valence-corrected chi connectivity index (χ4v) is 1.39. The first-order valence-corrected chi connectivity index (χ1v) is 5.09. The van der Waals surface area contributed by atoms with Gasteiger partial charge in [-0.25, -0.2) is 4.98 Å². The van der Waals surface area contributed by atoms with Crippen molar-refractivity contribution in [3.63, 3.8) is 0 Å². The minimum atomic E-state index is -1.30. The van der Waals surface area contributed by atoms with Gasteiger partial charge in [-0.3, -0.25) is 19.7 Å². The quantitative estimate of drug-likeness (QED) is 0.533. The minimum Gasteiger partial charge on any atom is -0.480 e. The van der Waals surface area contributed by atoms with Gasteiger partial charge < -0.3 is 15.1 Å². The van der Waals surface area contributed by atoms with Gasteiger partial charge in [0.05, 0.1) is 4.92 Å². The van der Waals surface area contributed by atoms with E-state index in [1.807, 2.05) is 0 Å². The third-order valence-electron chi connectivity index (χ3n) is 2.14. The summed E-state index contributed by atoms with van der Waals surface area (Å²) in [5, 5.41) is 36.8. The second kappa shape index (κ2) is 6.10. The predicted molar refractivity (Wildman–Crippen MR) is 63.1 cm³/mol. The van der Waals surface area contributed by atoms with E-state index in [0.717, 1.165) is 17.0 Å². The molecule has 10 nitrogen and oxygen atoms in total. The molecule has 0 atom stereocenters. The van der Waals surface area contributed by atoms with Gasteiger partial charge >= 0.3 is 17.6 Å². The van der Waals surface area contributed by atoms with E-state index < -0.39 is 41.3 Å². The average molecular weight is 280 g/mol. The Balaban J connectivity index is 3.20. The lowest BCUT2D eigenvalue weighted by Gasteiger charge is -2.19. The van der Waals surface area contributed by atoms with Crippen LogP contribution in [0, 0.1) is 21.4 Å². The Morgan fingerprint density at radius 3 is 2.30 bits per heavy atom. The first-order chi connectivity index (χ1) is 9.35. The smallest absolute Gasteiger partial charge is 0.323 e. The number of pyridine rings is 1. The summed E-state index contributed by atoms with van der Waals surface area (Å²) in [6.45, 7) is -1.33.